The van der Waals surface area contributed by atoms with E-state index in [1.54, 1.807) is 6.20 Å². The van der Waals surface area contributed by atoms with E-state index in [9.17, 15) is 4.79 Å². The van der Waals surface area contributed by atoms with Crippen molar-refractivity contribution in [3.8, 4) is 0 Å². The minimum Gasteiger partial charge on any atom is -0.481 e. The van der Waals surface area contributed by atoms with Crippen LogP contribution in [0.4, 0.5) is 0 Å². The molecule has 1 aliphatic rings. The molecule has 2 atom stereocenters. The first-order chi connectivity index (χ1) is 6.96. The molecule has 1 heterocycles. The molecule has 0 bridgehead atoms. The van der Waals surface area contributed by atoms with Crippen LogP contribution < -0.4 is 0 Å². The Morgan fingerprint density at radius 2 is 2.27 bits per heavy atom. The van der Waals surface area contributed by atoms with Crippen LogP contribution in [0.25, 0.3) is 0 Å². The number of carboxylic acids is 1. The van der Waals surface area contributed by atoms with Crippen molar-refractivity contribution in [3.05, 3.63) is 28.5 Å². The summed E-state index contributed by atoms with van der Waals surface area (Å²) in [5.41, 5.74) is 0.826. The van der Waals surface area contributed by atoms with Gasteiger partial charge in [0.25, 0.3) is 0 Å². The second-order valence-electron chi connectivity index (χ2n) is 4.50. The summed E-state index contributed by atoms with van der Waals surface area (Å²) in [6.07, 6.45) is 1.69. The van der Waals surface area contributed by atoms with Crippen molar-refractivity contribution >= 4 is 21.9 Å². The maximum absolute atomic E-state index is 11.0. The number of aliphatic carboxylic acids is 1. The first kappa shape index (κ1) is 10.6. The number of carbonyl (C=O) groups is 1. The lowest BCUT2D eigenvalue weighted by Gasteiger charge is -2.03. The van der Waals surface area contributed by atoms with Crippen LogP contribution in [0.15, 0.2) is 22.9 Å². The van der Waals surface area contributed by atoms with Gasteiger partial charge in [-0.1, -0.05) is 19.9 Å². The summed E-state index contributed by atoms with van der Waals surface area (Å²) in [6, 6.07) is 3.78. The number of nitrogens with zero attached hydrogens (tertiary/aromatic N) is 1. The Balaban J connectivity index is 2.36. The number of halogens is 1. The molecule has 4 heteroatoms. The van der Waals surface area contributed by atoms with E-state index in [4.69, 9.17) is 5.11 Å². The van der Waals surface area contributed by atoms with Crippen LogP contribution in [0.1, 0.15) is 25.3 Å². The van der Waals surface area contributed by atoms with Crippen molar-refractivity contribution in [2.75, 3.05) is 0 Å². The summed E-state index contributed by atoms with van der Waals surface area (Å²) in [5, 5.41) is 9.08. The van der Waals surface area contributed by atoms with Crippen molar-refractivity contribution in [1.29, 1.82) is 0 Å². The normalized spacial score (nSPS) is 27.4. The van der Waals surface area contributed by atoms with E-state index in [0.717, 1.165) is 10.2 Å². The lowest BCUT2D eigenvalue weighted by atomic mass is 10.1. The number of hydrogen-bond acceptors (Lipinski definition) is 2. The fourth-order valence-corrected chi connectivity index (χ4v) is 2.81. The zero-order valence-electron chi connectivity index (χ0n) is 8.57. The molecule has 1 aromatic heterocycles. The average molecular weight is 270 g/mol. The van der Waals surface area contributed by atoms with Gasteiger partial charge in [0.2, 0.25) is 0 Å². The average Bonchev–Trinajstić information content (AvgIpc) is 2.70. The molecule has 1 saturated carbocycles. The van der Waals surface area contributed by atoms with Crippen molar-refractivity contribution < 1.29 is 9.90 Å². The monoisotopic (exact) mass is 269 g/mol. The molecular formula is C11H12BrNO2. The van der Waals surface area contributed by atoms with Gasteiger partial charge < -0.3 is 5.11 Å². The lowest BCUT2D eigenvalue weighted by molar-refractivity contribution is -0.139. The van der Waals surface area contributed by atoms with Gasteiger partial charge in [0.15, 0.2) is 0 Å². The molecule has 1 fully saturated rings. The van der Waals surface area contributed by atoms with Crippen molar-refractivity contribution in [2.45, 2.75) is 19.8 Å². The van der Waals surface area contributed by atoms with Crippen LogP contribution in [0.3, 0.4) is 0 Å². The zero-order chi connectivity index (χ0) is 11.2. The third-order valence-electron chi connectivity index (χ3n) is 3.22. The summed E-state index contributed by atoms with van der Waals surface area (Å²) in [7, 11) is 0. The molecule has 1 aromatic rings. The number of rotatable bonds is 2. The van der Waals surface area contributed by atoms with Gasteiger partial charge in [-0.2, -0.15) is 0 Å². The highest BCUT2D eigenvalue weighted by atomic mass is 79.9. The molecule has 1 aliphatic carbocycles. The fraction of sp³-hybridized carbons (Fsp3) is 0.455. The predicted octanol–water partition coefficient (Wildman–Crippen LogP) is 2.67. The van der Waals surface area contributed by atoms with E-state index >= 15 is 0 Å². The van der Waals surface area contributed by atoms with Crippen LogP contribution in [0.5, 0.6) is 0 Å². The van der Waals surface area contributed by atoms with Gasteiger partial charge in [0.05, 0.1) is 5.92 Å². The first-order valence-corrected chi connectivity index (χ1v) is 5.58. The number of carboxylic acid groups (broad SMARTS) is 1. The second kappa shape index (κ2) is 3.30. The molecule has 3 nitrogen and oxygen atoms in total. The molecular weight excluding hydrogens is 258 g/mol. The molecule has 0 saturated heterocycles. The molecule has 0 unspecified atom stereocenters. The molecule has 0 aromatic carbocycles. The van der Waals surface area contributed by atoms with Gasteiger partial charge >= 0.3 is 5.97 Å². The SMILES string of the molecule is CC1(C)[C@H](C(=O)O)[C@H]1c1cccnc1Br. The maximum atomic E-state index is 11.0. The van der Waals surface area contributed by atoms with E-state index in [-0.39, 0.29) is 17.3 Å². The van der Waals surface area contributed by atoms with E-state index in [0.29, 0.717) is 0 Å². The molecule has 80 valence electrons. The molecule has 0 amide bonds. The van der Waals surface area contributed by atoms with Gasteiger partial charge in [-0.25, -0.2) is 4.98 Å². The Hall–Kier alpha value is -0.900. The third kappa shape index (κ3) is 1.57. The van der Waals surface area contributed by atoms with E-state index < -0.39 is 5.97 Å². The summed E-state index contributed by atoms with van der Waals surface area (Å²) < 4.78 is 0.756. The molecule has 2 rings (SSSR count). The molecule has 0 spiro atoms. The molecule has 1 N–H and O–H groups in total. The van der Waals surface area contributed by atoms with Crippen LogP contribution in [-0.2, 0) is 4.79 Å². The van der Waals surface area contributed by atoms with Crippen molar-refractivity contribution in [1.82, 2.24) is 4.98 Å². The van der Waals surface area contributed by atoms with Gasteiger partial charge in [-0.3, -0.25) is 4.79 Å². The van der Waals surface area contributed by atoms with Crippen LogP contribution in [0, 0.1) is 11.3 Å². The fourth-order valence-electron chi connectivity index (χ4n) is 2.31. The molecule has 15 heavy (non-hydrogen) atoms. The zero-order valence-corrected chi connectivity index (χ0v) is 10.2. The topological polar surface area (TPSA) is 50.2 Å². The largest absolute Gasteiger partial charge is 0.481 e. The van der Waals surface area contributed by atoms with Crippen LogP contribution in [0.2, 0.25) is 0 Å². The summed E-state index contributed by atoms with van der Waals surface area (Å²) in [6.45, 7) is 3.96. The minimum atomic E-state index is -0.722. The highest BCUT2D eigenvalue weighted by Gasteiger charge is 2.63. The number of pyridine rings is 1. The smallest absolute Gasteiger partial charge is 0.307 e. The Morgan fingerprint density at radius 3 is 2.73 bits per heavy atom. The van der Waals surface area contributed by atoms with E-state index in [1.165, 1.54) is 0 Å². The van der Waals surface area contributed by atoms with Crippen molar-refractivity contribution in [3.63, 3.8) is 0 Å². The Morgan fingerprint density at radius 1 is 1.60 bits per heavy atom. The van der Waals surface area contributed by atoms with E-state index in [2.05, 4.69) is 20.9 Å². The molecule has 0 radical (unpaired) electrons. The highest BCUT2D eigenvalue weighted by Crippen LogP contribution is 2.65. The van der Waals surface area contributed by atoms with Gasteiger partial charge in [-0.05, 0) is 33.0 Å². The Bertz CT molecular complexity index is 417. The number of hydrogen-bond donors (Lipinski definition) is 1. The van der Waals surface area contributed by atoms with Gasteiger partial charge in [0.1, 0.15) is 4.60 Å². The third-order valence-corrected chi connectivity index (χ3v) is 3.88. The predicted molar refractivity (Wildman–Crippen MR) is 59.6 cm³/mol. The maximum Gasteiger partial charge on any atom is 0.307 e. The second-order valence-corrected chi connectivity index (χ2v) is 5.25. The van der Waals surface area contributed by atoms with Crippen LogP contribution in [-0.4, -0.2) is 16.1 Å². The highest BCUT2D eigenvalue weighted by molar-refractivity contribution is 9.10. The van der Waals surface area contributed by atoms with E-state index in [1.807, 2.05) is 26.0 Å². The first-order valence-electron chi connectivity index (χ1n) is 4.79. The number of aromatic nitrogens is 1. The Labute approximate surface area is 96.7 Å². The lowest BCUT2D eigenvalue weighted by Crippen LogP contribution is -2.03. The molecule has 0 aliphatic heterocycles. The van der Waals surface area contributed by atoms with Crippen molar-refractivity contribution in [2.24, 2.45) is 11.3 Å². The van der Waals surface area contributed by atoms with Gasteiger partial charge in [0, 0.05) is 12.1 Å². The van der Waals surface area contributed by atoms with Crippen LogP contribution >= 0.6 is 15.9 Å². The Kier molecular flexibility index (Phi) is 2.34. The summed E-state index contributed by atoms with van der Waals surface area (Å²) >= 11 is 3.36. The standard InChI is InChI=1S/C11H12BrNO2/c1-11(2)7(8(11)10(14)15)6-4-3-5-13-9(6)12/h3-5,7-8H,1-2H3,(H,14,15)/t7-,8+/m1/s1. The quantitative estimate of drug-likeness (QED) is 0.840. The minimum absolute atomic E-state index is 0.0677. The van der Waals surface area contributed by atoms with Gasteiger partial charge in [-0.15, -0.1) is 0 Å². The summed E-state index contributed by atoms with van der Waals surface area (Å²) in [4.78, 5) is 15.2. The summed E-state index contributed by atoms with van der Waals surface area (Å²) in [5.74, 6) is -0.947.